The van der Waals surface area contributed by atoms with Crippen LogP contribution in [0.3, 0.4) is 0 Å². The SMILES string of the molecule is CC(CCc1oc2nc(-c3ccccc3Cl)nn2c1CN(C)CCc1ccccc1)c1c(C(=O)NCCN(C)C)oc2nc(-c3ccccc3Cl)nn12. The number of nitrogens with one attached hydrogen (secondary N) is 1. The van der Waals surface area contributed by atoms with Gasteiger partial charge in [-0.2, -0.15) is 19.0 Å². The van der Waals surface area contributed by atoms with Gasteiger partial charge in [-0.25, -0.2) is 0 Å². The van der Waals surface area contributed by atoms with Gasteiger partial charge < -0.3 is 24.0 Å². The number of halogens is 2. The van der Waals surface area contributed by atoms with Crippen molar-refractivity contribution in [2.24, 2.45) is 0 Å². The fourth-order valence-corrected chi connectivity index (χ4v) is 6.74. The summed E-state index contributed by atoms with van der Waals surface area (Å²) in [4.78, 5) is 27.1. The summed E-state index contributed by atoms with van der Waals surface area (Å²) in [7, 11) is 6.00. The Bertz CT molecular complexity index is 2340. The number of benzene rings is 3. The van der Waals surface area contributed by atoms with Crippen LogP contribution in [0.5, 0.6) is 0 Å². The molecule has 4 heterocycles. The number of hydrogen-bond donors (Lipinski definition) is 1. The topological polar surface area (TPSA) is 122 Å². The summed E-state index contributed by atoms with van der Waals surface area (Å²) < 4.78 is 16.0. The molecule has 0 aliphatic heterocycles. The quantitative estimate of drug-likeness (QED) is 0.115. The fraction of sp³-hybridized carbons (Fsp3) is 0.308. The van der Waals surface area contributed by atoms with Gasteiger partial charge in [-0.05, 0) is 63.8 Å². The molecular weight excluding hydrogens is 713 g/mol. The van der Waals surface area contributed by atoms with Gasteiger partial charge in [0.1, 0.15) is 11.5 Å². The smallest absolute Gasteiger partial charge is 0.325 e. The zero-order valence-corrected chi connectivity index (χ0v) is 31.6. The number of carbonyl (C=O) groups excluding carboxylic acids is 1. The summed E-state index contributed by atoms with van der Waals surface area (Å²) in [5.74, 6) is 1.93. The first-order valence-electron chi connectivity index (χ1n) is 17.6. The molecule has 4 aromatic heterocycles. The number of likely N-dealkylation sites (N-methyl/N-ethyl adjacent to an activating group) is 2. The van der Waals surface area contributed by atoms with E-state index in [9.17, 15) is 4.79 Å². The fourth-order valence-electron chi connectivity index (χ4n) is 6.30. The van der Waals surface area contributed by atoms with Crippen molar-refractivity contribution < 1.29 is 13.6 Å². The third-order valence-corrected chi connectivity index (χ3v) is 9.86. The highest BCUT2D eigenvalue weighted by atomic mass is 35.5. The van der Waals surface area contributed by atoms with Gasteiger partial charge in [0, 0.05) is 49.6 Å². The predicted octanol–water partition coefficient (Wildman–Crippen LogP) is 7.30. The van der Waals surface area contributed by atoms with Crippen molar-refractivity contribution in [2.75, 3.05) is 40.8 Å². The van der Waals surface area contributed by atoms with Crippen LogP contribution in [0.1, 0.15) is 52.5 Å². The van der Waals surface area contributed by atoms with Gasteiger partial charge >= 0.3 is 11.7 Å². The molecule has 1 N–H and O–H groups in total. The lowest BCUT2D eigenvalue weighted by Crippen LogP contribution is -2.31. The number of oxazole rings is 2. The van der Waals surface area contributed by atoms with Crippen molar-refractivity contribution in [1.29, 1.82) is 0 Å². The molecule has 1 atom stereocenters. The number of aryl methyl sites for hydroxylation is 1. The third kappa shape index (κ3) is 8.01. The zero-order chi connectivity index (χ0) is 37.1. The molecule has 7 aromatic rings. The van der Waals surface area contributed by atoms with Crippen molar-refractivity contribution in [3.05, 3.63) is 117 Å². The van der Waals surface area contributed by atoms with Gasteiger partial charge in [-0.15, -0.1) is 10.2 Å². The normalized spacial score (nSPS) is 12.5. The molecule has 1 amide bonds. The van der Waals surface area contributed by atoms with Crippen LogP contribution in [0.4, 0.5) is 0 Å². The average Bonchev–Trinajstić information content (AvgIpc) is 3.91. The lowest BCUT2D eigenvalue weighted by atomic mass is 9.98. The van der Waals surface area contributed by atoms with E-state index in [0.717, 1.165) is 30.0 Å². The Hall–Kier alpha value is -5.01. The summed E-state index contributed by atoms with van der Waals surface area (Å²) in [6, 6.07) is 25.3. The van der Waals surface area contributed by atoms with E-state index in [1.807, 2.05) is 74.4 Å². The number of aromatic nitrogens is 6. The second kappa shape index (κ2) is 15.9. The van der Waals surface area contributed by atoms with Crippen molar-refractivity contribution in [1.82, 2.24) is 44.3 Å². The van der Waals surface area contributed by atoms with Gasteiger partial charge in [0.15, 0.2) is 11.6 Å². The van der Waals surface area contributed by atoms with E-state index in [0.29, 0.717) is 71.3 Å². The number of nitrogens with zero attached hydrogens (tertiary/aromatic N) is 8. The Morgan fingerprint density at radius 3 is 2.04 bits per heavy atom. The van der Waals surface area contributed by atoms with Crippen LogP contribution in [0.2, 0.25) is 10.0 Å². The Kier molecular flexibility index (Phi) is 10.9. The van der Waals surface area contributed by atoms with E-state index in [2.05, 4.69) is 46.5 Å². The maximum Gasteiger partial charge on any atom is 0.325 e. The van der Waals surface area contributed by atoms with Crippen LogP contribution in [0.15, 0.2) is 87.7 Å². The largest absolute Gasteiger partial charge is 0.427 e. The van der Waals surface area contributed by atoms with Crippen molar-refractivity contribution in [2.45, 2.75) is 38.6 Å². The van der Waals surface area contributed by atoms with Gasteiger partial charge in [-0.1, -0.05) is 84.7 Å². The van der Waals surface area contributed by atoms with E-state index in [1.54, 1.807) is 15.1 Å². The van der Waals surface area contributed by atoms with Gasteiger partial charge in [0.05, 0.1) is 15.7 Å². The Balaban J connectivity index is 1.19. The first-order valence-corrected chi connectivity index (χ1v) is 18.3. The lowest BCUT2D eigenvalue weighted by molar-refractivity contribution is 0.0923. The average molecular weight is 755 g/mol. The molecule has 1 unspecified atom stereocenters. The van der Waals surface area contributed by atoms with Crippen molar-refractivity contribution in [3.63, 3.8) is 0 Å². The summed E-state index contributed by atoms with van der Waals surface area (Å²) in [5, 5.41) is 13.7. The molecule has 0 aliphatic carbocycles. The molecule has 0 fully saturated rings. The highest BCUT2D eigenvalue weighted by molar-refractivity contribution is 6.33. The number of carbonyl (C=O) groups is 1. The van der Waals surface area contributed by atoms with Crippen LogP contribution in [0.25, 0.3) is 34.5 Å². The van der Waals surface area contributed by atoms with Crippen LogP contribution < -0.4 is 5.32 Å². The molecule has 274 valence electrons. The van der Waals surface area contributed by atoms with Crippen molar-refractivity contribution in [3.8, 4) is 22.8 Å². The predicted molar refractivity (Wildman–Crippen MR) is 206 cm³/mol. The van der Waals surface area contributed by atoms with Gasteiger partial charge in [-0.3, -0.25) is 4.79 Å². The zero-order valence-electron chi connectivity index (χ0n) is 30.1. The standard InChI is InChI=1S/C39H41Cl2N9O3/c1-25(33-34(37(51)42-21-23-47(2)3)53-39-44-36(46-50(33)39)28-15-9-11-17-30(28)41)18-19-32-31(24-48(4)22-20-26-12-6-5-7-13-26)49-38(52-32)43-35(45-49)27-14-8-10-16-29(27)40/h5-17,25H,18-24H2,1-4H3,(H,42,51). The van der Waals surface area contributed by atoms with E-state index < -0.39 is 0 Å². The van der Waals surface area contributed by atoms with Gasteiger partial charge in [0.25, 0.3) is 5.91 Å². The summed E-state index contributed by atoms with van der Waals surface area (Å²) in [5.41, 5.74) is 4.19. The number of hydrogen-bond acceptors (Lipinski definition) is 9. The maximum absolute atomic E-state index is 13.5. The Morgan fingerprint density at radius 1 is 0.792 bits per heavy atom. The van der Waals surface area contributed by atoms with Crippen LogP contribution >= 0.6 is 23.2 Å². The molecule has 53 heavy (non-hydrogen) atoms. The summed E-state index contributed by atoms with van der Waals surface area (Å²) in [6.07, 6.45) is 2.04. The molecular formula is C39H41Cl2N9O3. The first kappa shape index (κ1) is 36.4. The molecule has 3 aromatic carbocycles. The minimum absolute atomic E-state index is 0.179. The molecule has 12 nitrogen and oxygen atoms in total. The lowest BCUT2D eigenvalue weighted by Gasteiger charge is -2.17. The molecule has 7 rings (SSSR count). The molecule has 0 saturated carbocycles. The molecule has 0 bridgehead atoms. The first-order chi connectivity index (χ1) is 25.7. The third-order valence-electron chi connectivity index (χ3n) is 9.20. The van der Waals surface area contributed by atoms with E-state index in [-0.39, 0.29) is 23.4 Å². The minimum atomic E-state index is -0.325. The minimum Gasteiger partial charge on any atom is -0.427 e. The second-order valence-corrected chi connectivity index (χ2v) is 14.3. The molecule has 0 saturated heterocycles. The second-order valence-electron chi connectivity index (χ2n) is 13.5. The highest BCUT2D eigenvalue weighted by Gasteiger charge is 2.29. The van der Waals surface area contributed by atoms with E-state index in [4.69, 9.17) is 47.2 Å². The van der Waals surface area contributed by atoms with Crippen molar-refractivity contribution >= 4 is 40.8 Å². The Morgan fingerprint density at radius 2 is 1.40 bits per heavy atom. The maximum atomic E-state index is 13.5. The molecule has 14 heteroatoms. The van der Waals surface area contributed by atoms with Crippen LogP contribution in [0, 0.1) is 0 Å². The van der Waals surface area contributed by atoms with E-state index >= 15 is 0 Å². The number of amides is 1. The number of fused-ring (bicyclic) bond motifs is 2. The Labute approximate surface area is 317 Å². The van der Waals surface area contributed by atoms with E-state index in [1.165, 1.54) is 5.56 Å². The summed E-state index contributed by atoms with van der Waals surface area (Å²) >= 11 is 13.0. The molecule has 0 spiro atoms. The summed E-state index contributed by atoms with van der Waals surface area (Å²) in [6.45, 7) is 4.59. The van der Waals surface area contributed by atoms with Crippen LogP contribution in [-0.4, -0.2) is 85.7 Å². The number of rotatable bonds is 15. The monoisotopic (exact) mass is 753 g/mol. The molecule has 0 radical (unpaired) electrons. The molecule has 0 aliphatic rings. The van der Waals surface area contributed by atoms with Gasteiger partial charge in [0.2, 0.25) is 5.76 Å². The van der Waals surface area contributed by atoms with Crippen LogP contribution in [-0.2, 0) is 19.4 Å². The highest BCUT2D eigenvalue weighted by Crippen LogP contribution is 2.33.